The molecule has 0 saturated carbocycles. The second kappa shape index (κ2) is 8.76. The zero-order chi connectivity index (χ0) is 18.5. The molecule has 1 aromatic rings. The molecule has 0 bridgehead atoms. The fourth-order valence-electron chi connectivity index (χ4n) is 4.16. The van der Waals surface area contributed by atoms with Crippen LogP contribution in [0.4, 0.5) is 0 Å². The van der Waals surface area contributed by atoms with Gasteiger partial charge in [-0.25, -0.2) is 0 Å². The van der Waals surface area contributed by atoms with E-state index in [1.165, 1.54) is 32.4 Å². The third-order valence-electron chi connectivity index (χ3n) is 5.83. The summed E-state index contributed by atoms with van der Waals surface area (Å²) in [6.07, 6.45) is 4.93. The molecule has 2 saturated heterocycles. The van der Waals surface area contributed by atoms with Crippen LogP contribution >= 0.6 is 0 Å². The molecule has 2 fully saturated rings. The maximum Gasteiger partial charge on any atom is 0.254 e. The zero-order valence-corrected chi connectivity index (χ0v) is 16.4. The molecule has 144 valence electrons. The highest BCUT2D eigenvalue weighted by atomic mass is 16.5. The van der Waals surface area contributed by atoms with Crippen molar-refractivity contribution in [1.82, 2.24) is 9.80 Å². The minimum atomic E-state index is 0.0999. The first-order valence-electron chi connectivity index (χ1n) is 9.84. The van der Waals surface area contributed by atoms with Gasteiger partial charge in [-0.3, -0.25) is 4.79 Å². The average molecular weight is 360 g/mol. The molecule has 26 heavy (non-hydrogen) atoms. The summed E-state index contributed by atoms with van der Waals surface area (Å²) in [5, 5.41) is 0. The van der Waals surface area contributed by atoms with Crippen LogP contribution in [0.25, 0.3) is 0 Å². The molecule has 5 nitrogen and oxygen atoms in total. The number of benzene rings is 1. The van der Waals surface area contributed by atoms with Gasteiger partial charge in [-0.1, -0.05) is 6.92 Å². The fourth-order valence-corrected chi connectivity index (χ4v) is 4.16. The van der Waals surface area contributed by atoms with Gasteiger partial charge in [0.1, 0.15) is 0 Å². The molecule has 0 spiro atoms. The molecule has 2 heterocycles. The lowest BCUT2D eigenvalue weighted by atomic mass is 9.94. The van der Waals surface area contributed by atoms with Crippen molar-refractivity contribution < 1.29 is 14.3 Å². The number of piperidine rings is 2. The van der Waals surface area contributed by atoms with Crippen molar-refractivity contribution in [3.8, 4) is 11.5 Å². The molecule has 0 N–H and O–H groups in total. The molecule has 1 amide bonds. The van der Waals surface area contributed by atoms with Gasteiger partial charge in [0.15, 0.2) is 11.5 Å². The standard InChI is InChI=1S/C21H32N2O3/c1-16-8-11-22(12-9-16)14-17-5-4-10-23(15-17)21(24)18-6-7-19(25-2)20(13-18)26-3/h6-7,13,16-17H,4-5,8-12,14-15H2,1-3H3. The number of amides is 1. The molecular weight excluding hydrogens is 328 g/mol. The topological polar surface area (TPSA) is 42.0 Å². The van der Waals surface area contributed by atoms with E-state index in [-0.39, 0.29) is 5.91 Å². The molecule has 2 aliphatic heterocycles. The number of carbonyl (C=O) groups is 1. The van der Waals surface area contributed by atoms with Gasteiger partial charge in [0.2, 0.25) is 0 Å². The van der Waals surface area contributed by atoms with Crippen LogP contribution in [-0.4, -0.2) is 62.7 Å². The predicted molar refractivity (Wildman–Crippen MR) is 103 cm³/mol. The van der Waals surface area contributed by atoms with Crippen LogP contribution in [-0.2, 0) is 0 Å². The Labute approximate surface area is 157 Å². The summed E-state index contributed by atoms with van der Waals surface area (Å²) in [7, 11) is 3.21. The van der Waals surface area contributed by atoms with Gasteiger partial charge in [-0.05, 0) is 68.8 Å². The van der Waals surface area contributed by atoms with Crippen LogP contribution in [0.15, 0.2) is 18.2 Å². The number of likely N-dealkylation sites (tertiary alicyclic amines) is 2. The summed E-state index contributed by atoms with van der Waals surface area (Å²) in [5.74, 6) is 2.80. The Morgan fingerprint density at radius 3 is 2.50 bits per heavy atom. The number of nitrogens with zero attached hydrogens (tertiary/aromatic N) is 2. The average Bonchev–Trinajstić information content (AvgIpc) is 2.69. The normalized spacial score (nSPS) is 22.3. The van der Waals surface area contributed by atoms with Gasteiger partial charge >= 0.3 is 0 Å². The van der Waals surface area contributed by atoms with Crippen LogP contribution in [0.2, 0.25) is 0 Å². The maximum absolute atomic E-state index is 13.0. The molecule has 1 aromatic carbocycles. The molecule has 2 aliphatic rings. The smallest absolute Gasteiger partial charge is 0.254 e. The Bertz CT molecular complexity index is 611. The molecular formula is C21H32N2O3. The van der Waals surface area contributed by atoms with Crippen LogP contribution < -0.4 is 9.47 Å². The van der Waals surface area contributed by atoms with Crippen LogP contribution in [0.5, 0.6) is 11.5 Å². The predicted octanol–water partition coefficient (Wildman–Crippen LogP) is 3.29. The Morgan fingerprint density at radius 1 is 1.08 bits per heavy atom. The second-order valence-electron chi connectivity index (χ2n) is 7.81. The largest absolute Gasteiger partial charge is 0.493 e. The number of carbonyl (C=O) groups excluding carboxylic acids is 1. The molecule has 1 unspecified atom stereocenters. The lowest BCUT2D eigenvalue weighted by Crippen LogP contribution is -2.45. The highest BCUT2D eigenvalue weighted by Crippen LogP contribution is 2.29. The minimum absolute atomic E-state index is 0.0999. The molecule has 0 aromatic heterocycles. The second-order valence-corrected chi connectivity index (χ2v) is 7.81. The lowest BCUT2D eigenvalue weighted by Gasteiger charge is -2.38. The van der Waals surface area contributed by atoms with E-state index in [1.54, 1.807) is 20.3 Å². The first-order valence-corrected chi connectivity index (χ1v) is 9.84. The summed E-state index contributed by atoms with van der Waals surface area (Å²) in [5.41, 5.74) is 0.676. The third-order valence-corrected chi connectivity index (χ3v) is 5.83. The van der Waals surface area contributed by atoms with Crippen LogP contribution in [0.3, 0.4) is 0 Å². The SMILES string of the molecule is COc1ccc(C(=O)N2CCCC(CN3CCC(C)CC3)C2)cc1OC. The molecule has 5 heteroatoms. The van der Waals surface area contributed by atoms with Crippen molar-refractivity contribution in [2.24, 2.45) is 11.8 Å². The summed E-state index contributed by atoms with van der Waals surface area (Å²) in [6.45, 7) is 7.60. The van der Waals surface area contributed by atoms with E-state index in [9.17, 15) is 4.79 Å². The number of methoxy groups -OCH3 is 2. The van der Waals surface area contributed by atoms with E-state index in [1.807, 2.05) is 17.0 Å². The van der Waals surface area contributed by atoms with Crippen LogP contribution in [0, 0.1) is 11.8 Å². The lowest BCUT2D eigenvalue weighted by molar-refractivity contribution is 0.0622. The van der Waals surface area contributed by atoms with E-state index < -0.39 is 0 Å². The van der Waals surface area contributed by atoms with Gasteiger partial charge < -0.3 is 19.3 Å². The summed E-state index contributed by atoms with van der Waals surface area (Å²) in [4.78, 5) is 17.6. The Morgan fingerprint density at radius 2 is 1.81 bits per heavy atom. The summed E-state index contributed by atoms with van der Waals surface area (Å²) < 4.78 is 10.6. The van der Waals surface area contributed by atoms with Gasteiger partial charge in [0, 0.05) is 25.2 Å². The van der Waals surface area contributed by atoms with Gasteiger partial charge in [0.05, 0.1) is 14.2 Å². The molecule has 0 aliphatic carbocycles. The highest BCUT2D eigenvalue weighted by Gasteiger charge is 2.27. The van der Waals surface area contributed by atoms with Crippen molar-refractivity contribution in [3.63, 3.8) is 0 Å². The van der Waals surface area contributed by atoms with Crippen LogP contribution in [0.1, 0.15) is 43.0 Å². The summed E-state index contributed by atoms with van der Waals surface area (Å²) in [6, 6.07) is 5.43. The van der Waals surface area contributed by atoms with Crippen molar-refractivity contribution in [3.05, 3.63) is 23.8 Å². The summed E-state index contributed by atoms with van der Waals surface area (Å²) >= 11 is 0. The number of hydrogen-bond donors (Lipinski definition) is 0. The van der Waals surface area contributed by atoms with Gasteiger partial charge in [-0.15, -0.1) is 0 Å². The molecule has 0 radical (unpaired) electrons. The van der Waals surface area contributed by atoms with Gasteiger partial charge in [-0.2, -0.15) is 0 Å². The quantitative estimate of drug-likeness (QED) is 0.808. The Balaban J connectivity index is 1.61. The fraction of sp³-hybridized carbons (Fsp3) is 0.667. The Hall–Kier alpha value is -1.75. The first-order chi connectivity index (χ1) is 12.6. The highest BCUT2D eigenvalue weighted by molar-refractivity contribution is 5.95. The van der Waals surface area contributed by atoms with Crippen molar-refractivity contribution in [2.75, 3.05) is 46.9 Å². The number of rotatable bonds is 5. The van der Waals surface area contributed by atoms with Gasteiger partial charge in [0.25, 0.3) is 5.91 Å². The first kappa shape index (κ1) is 19.0. The number of hydrogen-bond acceptors (Lipinski definition) is 4. The van der Waals surface area contributed by atoms with E-state index in [0.29, 0.717) is 23.0 Å². The van der Waals surface area contributed by atoms with Crippen molar-refractivity contribution >= 4 is 5.91 Å². The van der Waals surface area contributed by atoms with Crippen molar-refractivity contribution in [1.29, 1.82) is 0 Å². The minimum Gasteiger partial charge on any atom is -0.493 e. The van der Waals surface area contributed by atoms with E-state index in [0.717, 1.165) is 32.0 Å². The van der Waals surface area contributed by atoms with E-state index in [4.69, 9.17) is 9.47 Å². The van der Waals surface area contributed by atoms with Crippen molar-refractivity contribution in [2.45, 2.75) is 32.6 Å². The number of ether oxygens (including phenoxy) is 2. The molecule has 1 atom stereocenters. The monoisotopic (exact) mass is 360 g/mol. The molecule has 3 rings (SSSR count). The van der Waals surface area contributed by atoms with E-state index in [2.05, 4.69) is 11.8 Å². The maximum atomic E-state index is 13.0. The van der Waals surface area contributed by atoms with E-state index >= 15 is 0 Å². The third kappa shape index (κ3) is 4.50. The Kier molecular flexibility index (Phi) is 6.41. The zero-order valence-electron chi connectivity index (χ0n) is 16.4.